The molecular formula is C20H18ClFN2O3. The maximum Gasteiger partial charge on any atom is 0.262 e. The number of hydrogen-bond acceptors (Lipinski definition) is 3. The highest BCUT2D eigenvalue weighted by atomic mass is 35.5. The summed E-state index contributed by atoms with van der Waals surface area (Å²) in [5.74, 6) is -2.08. The largest absolute Gasteiger partial charge is 0.505 e. The fourth-order valence-corrected chi connectivity index (χ4v) is 3.36. The number of hydrogen-bond donors (Lipinski definition) is 2. The van der Waals surface area contributed by atoms with Gasteiger partial charge in [-0.25, -0.2) is 4.39 Å². The van der Waals surface area contributed by atoms with E-state index >= 15 is 0 Å². The first-order valence-corrected chi connectivity index (χ1v) is 8.81. The molecule has 0 unspecified atom stereocenters. The lowest BCUT2D eigenvalue weighted by Gasteiger charge is -2.08. The van der Waals surface area contributed by atoms with Crippen LogP contribution in [-0.4, -0.2) is 28.0 Å². The van der Waals surface area contributed by atoms with Crippen LogP contribution in [0.15, 0.2) is 36.4 Å². The summed E-state index contributed by atoms with van der Waals surface area (Å²) in [7, 11) is 0. The number of halogens is 2. The van der Waals surface area contributed by atoms with Crippen molar-refractivity contribution in [1.82, 2.24) is 9.88 Å². The number of aromatic hydroxyl groups is 1. The molecule has 0 spiro atoms. The predicted octanol–water partition coefficient (Wildman–Crippen LogP) is 3.81. The van der Waals surface area contributed by atoms with E-state index in [-0.39, 0.29) is 23.2 Å². The Morgan fingerprint density at radius 1 is 1.26 bits per heavy atom. The second-order valence-electron chi connectivity index (χ2n) is 6.14. The summed E-state index contributed by atoms with van der Waals surface area (Å²) < 4.78 is 16.0. The summed E-state index contributed by atoms with van der Waals surface area (Å²) in [6.07, 6.45) is -0.105. The number of amides is 1. The average Bonchev–Trinajstić information content (AvgIpc) is 2.90. The SMILES string of the molecule is CCNC(=O)Cc1c(C)n(C(=O)c2cccc(Cl)c2)c2ccc(O)c(F)c12. The molecule has 1 aromatic heterocycles. The molecule has 27 heavy (non-hydrogen) atoms. The van der Waals surface area contributed by atoms with Crippen molar-refractivity contribution in [3.05, 3.63) is 64.1 Å². The van der Waals surface area contributed by atoms with Gasteiger partial charge in [0.2, 0.25) is 5.91 Å². The Kier molecular flexibility index (Phi) is 5.19. The quantitative estimate of drug-likeness (QED) is 0.713. The molecule has 0 atom stereocenters. The summed E-state index contributed by atoms with van der Waals surface area (Å²) in [6, 6.07) is 9.09. The molecule has 0 bridgehead atoms. The monoisotopic (exact) mass is 388 g/mol. The molecule has 0 aliphatic carbocycles. The first kappa shape index (κ1) is 18.9. The van der Waals surface area contributed by atoms with E-state index in [1.54, 1.807) is 32.0 Å². The number of phenols is 1. The lowest BCUT2D eigenvalue weighted by Crippen LogP contribution is -2.25. The predicted molar refractivity (Wildman–Crippen MR) is 102 cm³/mol. The summed E-state index contributed by atoms with van der Waals surface area (Å²) in [6.45, 7) is 3.86. The van der Waals surface area contributed by atoms with Crippen molar-refractivity contribution in [3.63, 3.8) is 0 Å². The molecule has 0 saturated carbocycles. The van der Waals surface area contributed by atoms with Crippen LogP contribution in [0.25, 0.3) is 10.9 Å². The Hall–Kier alpha value is -2.86. The van der Waals surface area contributed by atoms with Crippen LogP contribution in [0.3, 0.4) is 0 Å². The van der Waals surface area contributed by atoms with Gasteiger partial charge in [0.1, 0.15) is 0 Å². The molecule has 140 valence electrons. The molecular weight excluding hydrogens is 371 g/mol. The normalized spacial score (nSPS) is 11.0. The van der Waals surface area contributed by atoms with Gasteiger partial charge in [-0.3, -0.25) is 14.2 Å². The second kappa shape index (κ2) is 7.40. The smallest absolute Gasteiger partial charge is 0.262 e. The standard InChI is InChI=1S/C20H18ClFN2O3/c1-3-23-17(26)10-14-11(2)24(15-7-8-16(25)19(22)18(14)15)20(27)12-5-4-6-13(21)9-12/h4-9,25H,3,10H2,1-2H3,(H,23,26). The van der Waals surface area contributed by atoms with Crippen LogP contribution in [0.1, 0.15) is 28.5 Å². The van der Waals surface area contributed by atoms with Gasteiger partial charge in [-0.1, -0.05) is 17.7 Å². The molecule has 7 heteroatoms. The molecule has 0 fully saturated rings. The molecule has 0 saturated heterocycles. The number of nitrogens with one attached hydrogen (secondary N) is 1. The number of likely N-dealkylation sites (N-methyl/N-ethyl adjacent to an activating group) is 1. The van der Waals surface area contributed by atoms with Crippen molar-refractivity contribution < 1.29 is 19.1 Å². The third-order valence-electron chi connectivity index (χ3n) is 4.40. The van der Waals surface area contributed by atoms with Gasteiger partial charge < -0.3 is 10.4 Å². The zero-order valence-electron chi connectivity index (χ0n) is 14.8. The van der Waals surface area contributed by atoms with Crippen LogP contribution in [0.4, 0.5) is 4.39 Å². The van der Waals surface area contributed by atoms with Crippen molar-refractivity contribution in [3.8, 4) is 5.75 Å². The molecule has 0 radical (unpaired) electrons. The molecule has 3 aromatic rings. The first-order valence-electron chi connectivity index (χ1n) is 8.43. The van der Waals surface area contributed by atoms with Crippen molar-refractivity contribution in [2.75, 3.05) is 6.54 Å². The van der Waals surface area contributed by atoms with Gasteiger partial charge in [-0.15, -0.1) is 0 Å². The molecule has 3 rings (SSSR count). The van der Waals surface area contributed by atoms with E-state index in [1.807, 2.05) is 0 Å². The van der Waals surface area contributed by atoms with Gasteiger partial charge in [0.15, 0.2) is 11.6 Å². The van der Waals surface area contributed by atoms with Crippen LogP contribution < -0.4 is 5.32 Å². The van der Waals surface area contributed by atoms with Gasteiger partial charge >= 0.3 is 0 Å². The van der Waals surface area contributed by atoms with Crippen LogP contribution in [-0.2, 0) is 11.2 Å². The van der Waals surface area contributed by atoms with Gasteiger partial charge in [0.25, 0.3) is 5.91 Å². The highest BCUT2D eigenvalue weighted by Crippen LogP contribution is 2.33. The van der Waals surface area contributed by atoms with E-state index in [1.165, 1.54) is 22.8 Å². The molecule has 1 heterocycles. The summed E-state index contributed by atoms with van der Waals surface area (Å²) in [5.41, 5.74) is 1.41. The molecule has 5 nitrogen and oxygen atoms in total. The highest BCUT2D eigenvalue weighted by Gasteiger charge is 2.25. The van der Waals surface area contributed by atoms with E-state index in [9.17, 15) is 19.1 Å². The highest BCUT2D eigenvalue weighted by molar-refractivity contribution is 6.31. The van der Waals surface area contributed by atoms with E-state index in [4.69, 9.17) is 11.6 Å². The zero-order chi connectivity index (χ0) is 19.7. The zero-order valence-corrected chi connectivity index (χ0v) is 15.6. The maximum absolute atomic E-state index is 14.7. The van der Waals surface area contributed by atoms with Crippen molar-refractivity contribution in [2.45, 2.75) is 20.3 Å². The lowest BCUT2D eigenvalue weighted by molar-refractivity contribution is -0.120. The molecule has 2 aromatic carbocycles. The van der Waals surface area contributed by atoms with Crippen LogP contribution >= 0.6 is 11.6 Å². The number of aromatic nitrogens is 1. The number of nitrogens with zero attached hydrogens (tertiary/aromatic N) is 1. The Balaban J connectivity index is 2.24. The number of rotatable bonds is 4. The van der Waals surface area contributed by atoms with Crippen LogP contribution in [0, 0.1) is 12.7 Å². The second-order valence-corrected chi connectivity index (χ2v) is 6.57. The molecule has 0 aliphatic heterocycles. The molecule has 1 amide bonds. The fraction of sp³-hybridized carbons (Fsp3) is 0.200. The minimum absolute atomic E-state index is 0.0640. The van der Waals surface area contributed by atoms with Crippen molar-refractivity contribution >= 4 is 34.3 Å². The Morgan fingerprint density at radius 2 is 2.00 bits per heavy atom. The summed E-state index contributed by atoms with van der Waals surface area (Å²) in [5, 5.41) is 12.9. The number of phenolic OH excluding ortho intramolecular Hbond substituents is 1. The van der Waals surface area contributed by atoms with Crippen molar-refractivity contribution in [1.29, 1.82) is 0 Å². The maximum atomic E-state index is 14.7. The number of fused-ring (bicyclic) bond motifs is 1. The van der Waals surface area contributed by atoms with Crippen molar-refractivity contribution in [2.24, 2.45) is 0 Å². The first-order chi connectivity index (χ1) is 12.8. The van der Waals surface area contributed by atoms with Crippen LogP contribution in [0.2, 0.25) is 5.02 Å². The van der Waals surface area contributed by atoms with E-state index in [2.05, 4.69) is 5.32 Å². The third-order valence-corrected chi connectivity index (χ3v) is 4.64. The fourth-order valence-electron chi connectivity index (χ4n) is 3.17. The Bertz CT molecular complexity index is 1060. The lowest BCUT2D eigenvalue weighted by atomic mass is 10.1. The van der Waals surface area contributed by atoms with Crippen LogP contribution in [0.5, 0.6) is 5.75 Å². The van der Waals surface area contributed by atoms with Gasteiger partial charge in [0.05, 0.1) is 11.9 Å². The summed E-state index contributed by atoms with van der Waals surface area (Å²) >= 11 is 5.98. The Labute approximate surface area is 160 Å². The number of carbonyl (C=O) groups is 2. The van der Waals surface area contributed by atoms with Gasteiger partial charge in [-0.2, -0.15) is 0 Å². The van der Waals surface area contributed by atoms with E-state index in [0.717, 1.165) is 0 Å². The number of carbonyl (C=O) groups excluding carboxylic acids is 2. The summed E-state index contributed by atoms with van der Waals surface area (Å²) in [4.78, 5) is 25.2. The topological polar surface area (TPSA) is 71.3 Å². The van der Waals surface area contributed by atoms with E-state index in [0.29, 0.717) is 28.4 Å². The minimum Gasteiger partial charge on any atom is -0.505 e. The molecule has 0 aliphatic rings. The average molecular weight is 389 g/mol. The minimum atomic E-state index is -0.854. The third kappa shape index (κ3) is 3.40. The molecule has 2 N–H and O–H groups in total. The van der Waals surface area contributed by atoms with Gasteiger partial charge in [-0.05, 0) is 49.7 Å². The van der Waals surface area contributed by atoms with Gasteiger partial charge in [0, 0.05) is 28.2 Å². The number of benzene rings is 2. The Morgan fingerprint density at radius 3 is 2.67 bits per heavy atom. The van der Waals surface area contributed by atoms with E-state index < -0.39 is 17.5 Å².